The van der Waals surface area contributed by atoms with Crippen molar-refractivity contribution in [1.29, 1.82) is 5.26 Å². The van der Waals surface area contributed by atoms with E-state index in [0.29, 0.717) is 66.0 Å². The Morgan fingerprint density at radius 2 is 1.66 bits per heavy atom. The van der Waals surface area contributed by atoms with E-state index in [1.165, 1.54) is 11.0 Å². The molecule has 6 heterocycles. The number of carbonyl (C=O) groups is 4. The number of likely N-dealkylation sites (tertiary alicyclic amines) is 1. The summed E-state index contributed by atoms with van der Waals surface area (Å²) in [6.07, 6.45) is 1.34. The molecule has 3 saturated heterocycles. The molecule has 5 N–H and O–H groups in total. The maximum absolute atomic E-state index is 14.0. The first-order chi connectivity index (χ1) is 31.3. The molecule has 1 unspecified atom stereocenters. The third-order valence-electron chi connectivity index (χ3n) is 12.1. The number of amides is 4. The largest absolute Gasteiger partial charge is 0.494 e. The predicted molar refractivity (Wildman–Crippen MR) is 238 cm³/mol. The number of H-pyrrole nitrogens is 1. The lowest BCUT2D eigenvalue weighted by molar-refractivity contribution is -0.260. The number of nitrogens with one attached hydrogen (secondary N) is 3. The Morgan fingerprint density at radius 1 is 0.908 bits per heavy atom. The minimum atomic E-state index is -4.59. The number of pyridine rings is 1. The first kappa shape index (κ1) is 46.1. The molecule has 2 aromatic heterocycles. The molecule has 0 radical (unpaired) electrons. The number of ether oxygens (including phenoxy) is 2. The second kappa shape index (κ2) is 20.3. The van der Waals surface area contributed by atoms with Crippen molar-refractivity contribution >= 4 is 46.5 Å². The van der Waals surface area contributed by atoms with Crippen molar-refractivity contribution in [3.8, 4) is 28.8 Å². The van der Waals surface area contributed by atoms with Gasteiger partial charge in [0.15, 0.2) is 0 Å². The zero-order valence-corrected chi connectivity index (χ0v) is 36.0. The summed E-state index contributed by atoms with van der Waals surface area (Å²) in [7, 11) is 0. The maximum Gasteiger partial charge on any atom is 0.428 e. The van der Waals surface area contributed by atoms with Crippen LogP contribution in [0.25, 0.3) is 22.2 Å². The third-order valence-corrected chi connectivity index (χ3v) is 12.1. The second-order valence-corrected chi connectivity index (χ2v) is 16.4. The van der Waals surface area contributed by atoms with Gasteiger partial charge in [-0.15, -0.1) is 0 Å². The predicted octanol–water partition coefficient (Wildman–Crippen LogP) is 7.14. The van der Waals surface area contributed by atoms with Gasteiger partial charge in [-0.25, -0.2) is 4.98 Å². The topological polar surface area (TPSA) is 196 Å². The lowest BCUT2D eigenvalue weighted by atomic mass is 9.90. The normalized spacial score (nSPS) is 18.4. The Kier molecular flexibility index (Phi) is 14.4. The number of piperidine rings is 3. The van der Waals surface area contributed by atoms with E-state index in [1.807, 2.05) is 37.3 Å². The fourth-order valence-corrected chi connectivity index (χ4v) is 8.37. The van der Waals surface area contributed by atoms with Crippen LogP contribution in [0.3, 0.4) is 0 Å². The number of benzene rings is 3. The number of fused-ring (bicyclic) bond motifs is 2. The van der Waals surface area contributed by atoms with Crippen molar-refractivity contribution in [2.24, 2.45) is 5.73 Å². The number of para-hydroxylation sites is 1. The van der Waals surface area contributed by atoms with Gasteiger partial charge in [-0.3, -0.25) is 24.5 Å². The Morgan fingerprint density at radius 3 is 2.34 bits per heavy atom. The van der Waals surface area contributed by atoms with E-state index in [2.05, 4.69) is 31.6 Å². The van der Waals surface area contributed by atoms with Gasteiger partial charge in [-0.2, -0.15) is 18.4 Å². The highest BCUT2D eigenvalue weighted by atomic mass is 19.4. The molecule has 0 spiro atoms. The SMILES string of the molecule is CCOc1ccc2c(c1)CCC(=O)N2.N#Cc1cccc2[nH]c(-c3ccccc3OC3(C(F)(F)F)CCN(C=O)CC3)cc12.NC1CCN(c2ccc(C3CCC(=O)NC3=O)cn2)CC1. The first-order valence-electron chi connectivity index (χ1n) is 21.7. The number of aromatic nitrogens is 2. The van der Waals surface area contributed by atoms with Crippen molar-refractivity contribution < 1.29 is 41.8 Å². The summed E-state index contributed by atoms with van der Waals surface area (Å²) >= 11 is 0. The van der Waals surface area contributed by atoms with Crippen LogP contribution in [-0.4, -0.2) is 89.6 Å². The molecule has 17 heteroatoms. The number of nitrogens with two attached hydrogens (primary N) is 1. The van der Waals surface area contributed by atoms with Crippen LogP contribution in [0, 0.1) is 11.3 Å². The second-order valence-electron chi connectivity index (χ2n) is 16.4. The summed E-state index contributed by atoms with van der Waals surface area (Å²) < 4.78 is 53.2. The number of rotatable bonds is 8. The number of aromatic amines is 1. The molecule has 1 atom stereocenters. The van der Waals surface area contributed by atoms with Crippen LogP contribution >= 0.6 is 0 Å². The van der Waals surface area contributed by atoms with Gasteiger partial charge in [-0.05, 0) is 98.3 Å². The Hall–Kier alpha value is -6.93. The monoisotopic (exact) mass is 892 g/mol. The van der Waals surface area contributed by atoms with Crippen molar-refractivity contribution in [2.75, 3.05) is 43.0 Å². The van der Waals surface area contributed by atoms with E-state index in [1.54, 1.807) is 48.7 Å². The summed E-state index contributed by atoms with van der Waals surface area (Å²) in [5, 5.41) is 15.2. The molecule has 3 fully saturated rings. The summed E-state index contributed by atoms with van der Waals surface area (Å²) in [5.74, 6) is 1.33. The molecular formula is C48H51F3N8O6. The summed E-state index contributed by atoms with van der Waals surface area (Å²) in [6.45, 7) is 4.43. The number of anilines is 2. The average Bonchev–Trinajstić information content (AvgIpc) is 3.75. The minimum absolute atomic E-state index is 0.0247. The van der Waals surface area contributed by atoms with Crippen LogP contribution in [-0.2, 0) is 25.6 Å². The fraction of sp³-hybridized carbons (Fsp3) is 0.375. The minimum Gasteiger partial charge on any atom is -0.494 e. The molecule has 9 rings (SSSR count). The maximum atomic E-state index is 14.0. The van der Waals surface area contributed by atoms with Crippen LogP contribution in [0.5, 0.6) is 11.5 Å². The number of hydrogen-bond donors (Lipinski definition) is 4. The number of carbonyl (C=O) groups excluding carboxylic acids is 4. The van der Waals surface area contributed by atoms with Gasteiger partial charge in [0.05, 0.1) is 29.9 Å². The Balaban J connectivity index is 0.000000156. The van der Waals surface area contributed by atoms with E-state index in [4.69, 9.17) is 15.2 Å². The van der Waals surface area contributed by atoms with Crippen molar-refractivity contribution in [1.82, 2.24) is 20.2 Å². The molecule has 5 aromatic rings. The number of hydrogen-bond acceptors (Lipinski definition) is 10. The van der Waals surface area contributed by atoms with Gasteiger partial charge in [0.1, 0.15) is 17.3 Å². The van der Waals surface area contributed by atoms with E-state index >= 15 is 0 Å². The molecule has 0 saturated carbocycles. The zero-order valence-electron chi connectivity index (χ0n) is 36.0. The van der Waals surface area contributed by atoms with Gasteiger partial charge in [-0.1, -0.05) is 24.3 Å². The van der Waals surface area contributed by atoms with Crippen LogP contribution in [0.15, 0.2) is 85.1 Å². The van der Waals surface area contributed by atoms with E-state index in [0.717, 1.165) is 60.7 Å². The van der Waals surface area contributed by atoms with Crippen molar-refractivity contribution in [3.63, 3.8) is 0 Å². The highest BCUT2D eigenvalue weighted by Crippen LogP contribution is 2.44. The quantitative estimate of drug-likeness (QED) is 0.0919. The van der Waals surface area contributed by atoms with Gasteiger partial charge >= 0.3 is 6.18 Å². The number of aryl methyl sites for hydroxylation is 1. The number of halogens is 3. The van der Waals surface area contributed by atoms with Gasteiger partial charge in [0, 0.05) is 86.3 Å². The zero-order chi connectivity index (χ0) is 46.1. The lowest BCUT2D eigenvalue weighted by Gasteiger charge is -2.41. The number of nitrogens with zero attached hydrogens (tertiary/aromatic N) is 4. The highest BCUT2D eigenvalue weighted by molar-refractivity contribution is 6.01. The van der Waals surface area contributed by atoms with E-state index < -0.39 is 11.8 Å². The standard InChI is InChI=1S/C22H18F3N3O2.C15H20N4O2.C11H13NO2/c23-22(24,25)21(8-10-28(14-29)11-9-21)30-20-7-2-1-5-16(20)19-12-17-15(13-26)4-3-6-18(17)27-19;16-11-5-7-19(8-6-11)13-3-1-10(9-17-13)12-2-4-14(20)18-15(12)21;1-2-14-9-4-5-10-8(7-9)3-6-11(13)12-10/h1-7,12,14,27H,8-11H2;1,3,9,11-12H,2,4-8,16H2,(H,18,20,21);4-5,7H,2-3,6H2,1H3,(H,12,13). The molecule has 0 bridgehead atoms. The van der Waals surface area contributed by atoms with Crippen LogP contribution in [0.4, 0.5) is 24.7 Å². The number of nitriles is 1. The molecule has 14 nitrogen and oxygen atoms in total. The Bertz CT molecular complexity index is 2540. The molecule has 65 heavy (non-hydrogen) atoms. The molecule has 4 aliphatic rings. The van der Waals surface area contributed by atoms with Crippen LogP contribution in [0.2, 0.25) is 0 Å². The Labute approximate surface area is 374 Å². The first-order valence-corrected chi connectivity index (χ1v) is 21.7. The smallest absolute Gasteiger partial charge is 0.428 e. The number of alkyl halides is 3. The molecule has 3 aromatic carbocycles. The van der Waals surface area contributed by atoms with Gasteiger partial charge in [0.2, 0.25) is 29.7 Å². The molecule has 340 valence electrons. The van der Waals surface area contributed by atoms with E-state index in [9.17, 15) is 37.6 Å². The van der Waals surface area contributed by atoms with Crippen molar-refractivity contribution in [3.05, 3.63) is 102 Å². The molecular weight excluding hydrogens is 842 g/mol. The summed E-state index contributed by atoms with van der Waals surface area (Å²) in [5.41, 5.74) is 8.71. The fourth-order valence-electron chi connectivity index (χ4n) is 8.37. The summed E-state index contributed by atoms with van der Waals surface area (Å²) in [6, 6.07) is 25.6. The van der Waals surface area contributed by atoms with Crippen molar-refractivity contribution in [2.45, 2.75) is 82.0 Å². The molecule has 4 aliphatic heterocycles. The average molecular weight is 893 g/mol. The van der Waals surface area contributed by atoms with Gasteiger partial charge in [0.25, 0.3) is 0 Å². The van der Waals surface area contributed by atoms with Crippen LogP contribution in [0.1, 0.15) is 74.5 Å². The third kappa shape index (κ3) is 10.9. The summed E-state index contributed by atoms with van der Waals surface area (Å²) in [4.78, 5) is 56.2. The highest BCUT2D eigenvalue weighted by Gasteiger charge is 2.58. The lowest BCUT2D eigenvalue weighted by Crippen LogP contribution is -2.57. The van der Waals surface area contributed by atoms with E-state index in [-0.39, 0.29) is 55.3 Å². The van der Waals surface area contributed by atoms with Crippen LogP contribution < -0.4 is 30.7 Å². The molecule has 0 aliphatic carbocycles. The van der Waals surface area contributed by atoms with Gasteiger partial charge < -0.3 is 35.3 Å². The molecule has 4 amide bonds. The number of imide groups is 1.